The van der Waals surface area contributed by atoms with Gasteiger partial charge in [-0.05, 0) is 11.4 Å². The first-order valence-corrected chi connectivity index (χ1v) is 7.06. The fourth-order valence-electron chi connectivity index (χ4n) is 2.50. The van der Waals surface area contributed by atoms with Crippen LogP contribution in [0.15, 0.2) is 17.5 Å². The van der Waals surface area contributed by atoms with Gasteiger partial charge in [0.25, 0.3) is 5.91 Å². The van der Waals surface area contributed by atoms with Crippen LogP contribution in [0.25, 0.3) is 0 Å². The van der Waals surface area contributed by atoms with E-state index in [1.807, 2.05) is 11.4 Å². The Morgan fingerprint density at radius 1 is 1.45 bits per heavy atom. The van der Waals surface area contributed by atoms with Gasteiger partial charge < -0.3 is 10.0 Å². The van der Waals surface area contributed by atoms with Crippen LogP contribution in [-0.4, -0.2) is 38.2 Å². The van der Waals surface area contributed by atoms with Crippen molar-refractivity contribution in [3.8, 4) is 0 Å². The summed E-state index contributed by atoms with van der Waals surface area (Å²) in [6.45, 7) is 0.876. The first kappa shape index (κ1) is 12.9. The highest BCUT2D eigenvalue weighted by Gasteiger charge is 2.29. The molecule has 2 aromatic heterocycles. The lowest BCUT2D eigenvalue weighted by molar-refractivity contribution is 0.0670. The molecule has 0 aromatic carbocycles. The standard InChI is InChI=1S/C13H13N3O3S/c1-15-11(13(18)19)8-7-16(5-4-9(8)14-15)12(17)10-3-2-6-20-10/h2-3,6H,4-5,7H2,1H3,(H,18,19). The Kier molecular flexibility index (Phi) is 3.06. The molecule has 0 aliphatic carbocycles. The first-order chi connectivity index (χ1) is 9.58. The van der Waals surface area contributed by atoms with Gasteiger partial charge in [-0.2, -0.15) is 5.10 Å². The normalized spacial score (nSPS) is 14.2. The largest absolute Gasteiger partial charge is 0.477 e. The minimum Gasteiger partial charge on any atom is -0.477 e. The smallest absolute Gasteiger partial charge is 0.354 e. The molecule has 1 aliphatic rings. The van der Waals surface area contributed by atoms with Crippen LogP contribution in [-0.2, 0) is 20.0 Å². The van der Waals surface area contributed by atoms with Gasteiger partial charge in [0, 0.05) is 25.6 Å². The number of carboxylic acids is 1. The Morgan fingerprint density at radius 3 is 2.90 bits per heavy atom. The Morgan fingerprint density at radius 2 is 2.25 bits per heavy atom. The summed E-state index contributed by atoms with van der Waals surface area (Å²) in [5, 5.41) is 15.3. The van der Waals surface area contributed by atoms with Crippen molar-refractivity contribution in [3.63, 3.8) is 0 Å². The lowest BCUT2D eigenvalue weighted by Gasteiger charge is -2.26. The quantitative estimate of drug-likeness (QED) is 0.907. The van der Waals surface area contributed by atoms with E-state index in [2.05, 4.69) is 5.10 Å². The number of rotatable bonds is 2. The van der Waals surface area contributed by atoms with Crippen molar-refractivity contribution in [2.75, 3.05) is 6.54 Å². The Labute approximate surface area is 119 Å². The molecule has 0 atom stereocenters. The molecule has 3 heterocycles. The highest BCUT2D eigenvalue weighted by Crippen LogP contribution is 2.24. The summed E-state index contributed by atoms with van der Waals surface area (Å²) >= 11 is 1.39. The number of aromatic carboxylic acids is 1. The van der Waals surface area contributed by atoms with Crippen LogP contribution in [0.1, 0.15) is 31.4 Å². The van der Waals surface area contributed by atoms with E-state index >= 15 is 0 Å². The van der Waals surface area contributed by atoms with Crippen LogP contribution in [0.3, 0.4) is 0 Å². The van der Waals surface area contributed by atoms with Crippen LogP contribution in [0.5, 0.6) is 0 Å². The molecule has 0 spiro atoms. The van der Waals surface area contributed by atoms with Crippen LogP contribution < -0.4 is 0 Å². The number of aryl methyl sites for hydroxylation is 1. The van der Waals surface area contributed by atoms with E-state index in [4.69, 9.17) is 0 Å². The van der Waals surface area contributed by atoms with E-state index in [1.54, 1.807) is 18.0 Å². The second-order valence-electron chi connectivity index (χ2n) is 4.66. The molecule has 0 unspecified atom stereocenters. The third kappa shape index (κ3) is 2.00. The molecule has 0 radical (unpaired) electrons. The summed E-state index contributed by atoms with van der Waals surface area (Å²) in [5.74, 6) is -1.06. The van der Waals surface area contributed by atoms with Gasteiger partial charge in [0.15, 0.2) is 5.69 Å². The summed E-state index contributed by atoms with van der Waals surface area (Å²) in [4.78, 5) is 26.0. The lowest BCUT2D eigenvalue weighted by Crippen LogP contribution is -2.35. The van der Waals surface area contributed by atoms with E-state index in [0.717, 1.165) is 5.69 Å². The molecular formula is C13H13N3O3S. The number of amides is 1. The molecule has 20 heavy (non-hydrogen) atoms. The fraction of sp³-hybridized carbons (Fsp3) is 0.308. The van der Waals surface area contributed by atoms with Gasteiger partial charge in [-0.25, -0.2) is 4.79 Å². The molecule has 3 rings (SSSR count). The molecule has 104 valence electrons. The van der Waals surface area contributed by atoms with E-state index in [1.165, 1.54) is 16.0 Å². The Hall–Kier alpha value is -2.15. The number of fused-ring (bicyclic) bond motifs is 1. The van der Waals surface area contributed by atoms with Crippen molar-refractivity contribution in [1.82, 2.24) is 14.7 Å². The minimum absolute atomic E-state index is 0.0501. The SMILES string of the molecule is Cn1nc2c(c1C(=O)O)CN(C(=O)c1cccs1)CC2. The molecule has 0 bridgehead atoms. The van der Waals surface area contributed by atoms with Crippen molar-refractivity contribution in [3.05, 3.63) is 39.3 Å². The van der Waals surface area contributed by atoms with Crippen LogP contribution in [0.4, 0.5) is 0 Å². The lowest BCUT2D eigenvalue weighted by atomic mass is 10.1. The topological polar surface area (TPSA) is 75.4 Å². The van der Waals surface area contributed by atoms with Crippen molar-refractivity contribution in [2.45, 2.75) is 13.0 Å². The Balaban J connectivity index is 1.92. The van der Waals surface area contributed by atoms with Crippen LogP contribution >= 0.6 is 11.3 Å². The molecule has 1 aliphatic heterocycles. The molecule has 0 saturated carbocycles. The average molecular weight is 291 g/mol. The van der Waals surface area contributed by atoms with Crippen LogP contribution in [0.2, 0.25) is 0 Å². The van der Waals surface area contributed by atoms with Gasteiger partial charge >= 0.3 is 5.97 Å². The number of hydrogen-bond donors (Lipinski definition) is 1. The number of carbonyl (C=O) groups is 2. The summed E-state index contributed by atoms with van der Waals surface area (Å²) in [7, 11) is 1.62. The second-order valence-corrected chi connectivity index (χ2v) is 5.60. The number of carboxylic acid groups (broad SMARTS) is 1. The molecule has 2 aromatic rings. The maximum absolute atomic E-state index is 12.3. The summed E-state index contributed by atoms with van der Waals surface area (Å²) in [5.41, 5.74) is 1.60. The third-order valence-electron chi connectivity index (χ3n) is 3.42. The molecule has 1 amide bonds. The molecule has 1 N–H and O–H groups in total. The van der Waals surface area contributed by atoms with E-state index in [9.17, 15) is 14.7 Å². The monoisotopic (exact) mass is 291 g/mol. The highest BCUT2D eigenvalue weighted by molar-refractivity contribution is 7.12. The highest BCUT2D eigenvalue weighted by atomic mass is 32.1. The fourth-order valence-corrected chi connectivity index (χ4v) is 3.19. The molecular weight excluding hydrogens is 278 g/mol. The van der Waals surface area contributed by atoms with E-state index in [-0.39, 0.29) is 11.6 Å². The van der Waals surface area contributed by atoms with Gasteiger partial charge in [-0.3, -0.25) is 9.48 Å². The van der Waals surface area contributed by atoms with Gasteiger partial charge in [0.05, 0.1) is 17.1 Å². The molecule has 0 saturated heterocycles. The maximum atomic E-state index is 12.3. The van der Waals surface area contributed by atoms with Crippen molar-refractivity contribution in [1.29, 1.82) is 0 Å². The predicted octanol–water partition coefficient (Wildman–Crippen LogP) is 1.38. The number of aromatic nitrogens is 2. The van der Waals surface area contributed by atoms with Crippen LogP contribution in [0, 0.1) is 0 Å². The van der Waals surface area contributed by atoms with Gasteiger partial charge in [0.2, 0.25) is 0 Å². The van der Waals surface area contributed by atoms with Gasteiger partial charge in [-0.15, -0.1) is 11.3 Å². The average Bonchev–Trinajstić information content (AvgIpc) is 3.03. The zero-order chi connectivity index (χ0) is 14.3. The van der Waals surface area contributed by atoms with E-state index < -0.39 is 5.97 Å². The van der Waals surface area contributed by atoms with Gasteiger partial charge in [-0.1, -0.05) is 6.07 Å². The van der Waals surface area contributed by atoms with Crippen molar-refractivity contribution in [2.24, 2.45) is 7.05 Å². The van der Waals surface area contributed by atoms with Crippen molar-refractivity contribution < 1.29 is 14.7 Å². The third-order valence-corrected chi connectivity index (χ3v) is 4.28. The molecule has 0 fully saturated rings. The number of carbonyl (C=O) groups excluding carboxylic acids is 1. The summed E-state index contributed by atoms with van der Waals surface area (Å²) in [6.07, 6.45) is 0.591. The zero-order valence-electron chi connectivity index (χ0n) is 10.9. The van der Waals surface area contributed by atoms with E-state index in [0.29, 0.717) is 30.0 Å². The number of hydrogen-bond acceptors (Lipinski definition) is 4. The first-order valence-electron chi connectivity index (χ1n) is 6.18. The Bertz CT molecular complexity index is 675. The number of nitrogens with zero attached hydrogens (tertiary/aromatic N) is 3. The number of thiophene rings is 1. The summed E-state index contributed by atoms with van der Waals surface area (Å²) < 4.78 is 1.38. The van der Waals surface area contributed by atoms with Crippen molar-refractivity contribution >= 4 is 23.2 Å². The zero-order valence-corrected chi connectivity index (χ0v) is 11.7. The molecule has 7 heteroatoms. The summed E-state index contributed by atoms with van der Waals surface area (Å²) in [6, 6.07) is 3.61. The molecule has 6 nitrogen and oxygen atoms in total. The minimum atomic E-state index is -1.01. The predicted molar refractivity (Wildman–Crippen MR) is 72.9 cm³/mol. The maximum Gasteiger partial charge on any atom is 0.354 e. The second kappa shape index (κ2) is 4.75. The van der Waals surface area contributed by atoms with Gasteiger partial charge in [0.1, 0.15) is 0 Å².